The fraction of sp³-hybridized carbons (Fsp3) is 0.190. The van der Waals surface area contributed by atoms with E-state index in [9.17, 15) is 4.79 Å². The molecular weight excluding hydrogens is 300 g/mol. The van der Waals surface area contributed by atoms with Crippen molar-refractivity contribution in [3.05, 3.63) is 95.8 Å². The van der Waals surface area contributed by atoms with Crippen LogP contribution < -0.4 is 0 Å². The van der Waals surface area contributed by atoms with Crippen LogP contribution in [0.25, 0.3) is 0 Å². The van der Waals surface area contributed by atoms with Gasteiger partial charge in [-0.25, -0.2) is 0 Å². The Morgan fingerprint density at radius 1 is 0.958 bits per heavy atom. The average Bonchev–Trinajstić information content (AvgIpc) is 2.67. The van der Waals surface area contributed by atoms with Gasteiger partial charge in [0.25, 0.3) is 0 Å². The molecule has 2 aromatic carbocycles. The number of rotatable bonds is 5. The number of ketones is 1. The first kappa shape index (κ1) is 16.2. The van der Waals surface area contributed by atoms with E-state index < -0.39 is 11.5 Å². The third kappa shape index (κ3) is 2.57. The lowest BCUT2D eigenvalue weighted by atomic mass is 9.68. The molecule has 0 aromatic heterocycles. The first-order valence-corrected chi connectivity index (χ1v) is 7.85. The molecule has 0 amide bonds. The van der Waals surface area contributed by atoms with Gasteiger partial charge in [0.15, 0.2) is 5.78 Å². The van der Waals surface area contributed by atoms with E-state index in [-0.39, 0.29) is 5.78 Å². The minimum atomic E-state index is -0.961. The first-order chi connectivity index (χ1) is 11.7. The minimum Gasteiger partial charge on any atom is -0.498 e. The zero-order valence-electron chi connectivity index (χ0n) is 13.8. The van der Waals surface area contributed by atoms with Crippen LogP contribution in [0.5, 0.6) is 0 Å². The van der Waals surface area contributed by atoms with Gasteiger partial charge in [0.1, 0.15) is 17.3 Å². The van der Waals surface area contributed by atoms with Crippen molar-refractivity contribution in [2.75, 3.05) is 14.2 Å². The van der Waals surface area contributed by atoms with Gasteiger partial charge in [0.2, 0.25) is 0 Å². The minimum absolute atomic E-state index is 0.0138. The highest BCUT2D eigenvalue weighted by Gasteiger charge is 2.49. The second-order valence-corrected chi connectivity index (χ2v) is 5.68. The number of benzene rings is 2. The predicted molar refractivity (Wildman–Crippen MR) is 93.9 cm³/mol. The highest BCUT2D eigenvalue weighted by atomic mass is 16.5. The highest BCUT2D eigenvalue weighted by molar-refractivity contribution is 6.06. The summed E-state index contributed by atoms with van der Waals surface area (Å²) in [4.78, 5) is 13.5. The van der Waals surface area contributed by atoms with E-state index in [1.165, 1.54) is 0 Å². The summed E-state index contributed by atoms with van der Waals surface area (Å²) in [6.45, 7) is 0. The molecule has 0 N–H and O–H groups in total. The van der Waals surface area contributed by atoms with Crippen molar-refractivity contribution in [3.8, 4) is 0 Å². The molecule has 0 heterocycles. The zero-order chi connectivity index (χ0) is 17.0. The van der Waals surface area contributed by atoms with Gasteiger partial charge in [-0.05, 0) is 11.6 Å². The molecule has 0 radical (unpaired) electrons. The maximum atomic E-state index is 13.5. The van der Waals surface area contributed by atoms with Crippen molar-refractivity contribution >= 4 is 5.78 Å². The number of methoxy groups -OCH3 is 2. The Balaban J connectivity index is 2.21. The lowest BCUT2D eigenvalue weighted by Crippen LogP contribution is -2.48. The normalized spacial score (nSPS) is 22.8. The Morgan fingerprint density at radius 3 is 2.17 bits per heavy atom. The summed E-state index contributed by atoms with van der Waals surface area (Å²) in [5.74, 6) is 0.619. The molecule has 0 spiro atoms. The van der Waals surface area contributed by atoms with Crippen molar-refractivity contribution < 1.29 is 14.3 Å². The summed E-state index contributed by atoms with van der Waals surface area (Å²) >= 11 is 0. The topological polar surface area (TPSA) is 35.5 Å². The van der Waals surface area contributed by atoms with Gasteiger partial charge < -0.3 is 9.47 Å². The Morgan fingerprint density at radius 2 is 1.58 bits per heavy atom. The average molecular weight is 320 g/mol. The van der Waals surface area contributed by atoms with Crippen LogP contribution in [-0.2, 0) is 14.9 Å². The molecule has 3 heteroatoms. The maximum absolute atomic E-state index is 13.5. The second kappa shape index (κ2) is 6.85. The van der Waals surface area contributed by atoms with Crippen LogP contribution in [0.15, 0.2) is 84.7 Å². The van der Waals surface area contributed by atoms with Gasteiger partial charge in [-0.2, -0.15) is 0 Å². The van der Waals surface area contributed by atoms with Crippen LogP contribution in [-0.4, -0.2) is 26.1 Å². The van der Waals surface area contributed by atoms with Gasteiger partial charge in [-0.3, -0.25) is 4.79 Å². The SMILES string of the molecule is COC1=CC=CC(C(=O)c2ccccc2)(c2ccccc2)C1OC. The molecule has 0 saturated heterocycles. The van der Waals surface area contributed by atoms with Crippen LogP contribution in [0.3, 0.4) is 0 Å². The predicted octanol–water partition coefficient (Wildman–Crippen LogP) is 3.92. The molecule has 2 unspecified atom stereocenters. The molecule has 1 aliphatic rings. The largest absolute Gasteiger partial charge is 0.498 e. The number of allylic oxidation sites excluding steroid dienone is 2. The third-order valence-corrected chi connectivity index (χ3v) is 4.43. The number of hydrogen-bond acceptors (Lipinski definition) is 3. The summed E-state index contributed by atoms with van der Waals surface area (Å²) in [7, 11) is 3.20. The quantitative estimate of drug-likeness (QED) is 0.783. The summed E-state index contributed by atoms with van der Waals surface area (Å²) in [5.41, 5.74) is 0.562. The summed E-state index contributed by atoms with van der Waals surface area (Å²) in [6.07, 6.45) is 5.09. The number of carbonyl (C=O) groups excluding carboxylic acids is 1. The molecule has 0 saturated carbocycles. The van der Waals surface area contributed by atoms with E-state index >= 15 is 0 Å². The van der Waals surface area contributed by atoms with E-state index in [0.717, 1.165) is 5.56 Å². The number of carbonyl (C=O) groups is 1. The molecule has 1 aliphatic carbocycles. The van der Waals surface area contributed by atoms with E-state index in [2.05, 4.69) is 0 Å². The van der Waals surface area contributed by atoms with Crippen LogP contribution >= 0.6 is 0 Å². The Bertz CT molecular complexity index is 762. The van der Waals surface area contributed by atoms with Crippen LogP contribution in [0, 0.1) is 0 Å². The van der Waals surface area contributed by atoms with Gasteiger partial charge in [0.05, 0.1) is 7.11 Å². The monoisotopic (exact) mass is 320 g/mol. The van der Waals surface area contributed by atoms with Crippen molar-refractivity contribution in [2.45, 2.75) is 11.5 Å². The van der Waals surface area contributed by atoms with Crippen LogP contribution in [0.1, 0.15) is 15.9 Å². The molecule has 0 fully saturated rings. The number of hydrogen-bond donors (Lipinski definition) is 0. The van der Waals surface area contributed by atoms with Crippen molar-refractivity contribution in [1.29, 1.82) is 0 Å². The van der Waals surface area contributed by atoms with Gasteiger partial charge in [-0.15, -0.1) is 0 Å². The lowest BCUT2D eigenvalue weighted by Gasteiger charge is -2.39. The maximum Gasteiger partial charge on any atom is 0.180 e. The lowest BCUT2D eigenvalue weighted by molar-refractivity contribution is 0.0310. The Kier molecular flexibility index (Phi) is 4.63. The van der Waals surface area contributed by atoms with E-state index in [1.807, 2.05) is 78.9 Å². The molecule has 24 heavy (non-hydrogen) atoms. The van der Waals surface area contributed by atoms with Gasteiger partial charge in [-0.1, -0.05) is 72.8 Å². The Labute approximate surface area is 142 Å². The molecule has 0 aliphatic heterocycles. The standard InChI is InChI=1S/C21H20O3/c1-23-18-14-9-15-21(20(18)24-2,17-12-7-4-8-13-17)19(22)16-10-5-3-6-11-16/h3-15,20H,1-2H3. The second-order valence-electron chi connectivity index (χ2n) is 5.68. The van der Waals surface area contributed by atoms with Crippen molar-refractivity contribution in [2.24, 2.45) is 0 Å². The smallest absolute Gasteiger partial charge is 0.180 e. The zero-order valence-corrected chi connectivity index (χ0v) is 13.8. The molecule has 3 nitrogen and oxygen atoms in total. The number of ether oxygens (including phenoxy) is 2. The molecule has 3 rings (SSSR count). The van der Waals surface area contributed by atoms with Gasteiger partial charge in [0, 0.05) is 12.7 Å². The van der Waals surface area contributed by atoms with Crippen molar-refractivity contribution in [1.82, 2.24) is 0 Å². The van der Waals surface area contributed by atoms with Crippen LogP contribution in [0.2, 0.25) is 0 Å². The van der Waals surface area contributed by atoms with Crippen molar-refractivity contribution in [3.63, 3.8) is 0 Å². The molecule has 122 valence electrons. The van der Waals surface area contributed by atoms with Crippen LogP contribution in [0.4, 0.5) is 0 Å². The first-order valence-electron chi connectivity index (χ1n) is 7.85. The highest BCUT2D eigenvalue weighted by Crippen LogP contribution is 2.40. The fourth-order valence-electron chi connectivity index (χ4n) is 3.29. The molecule has 2 atom stereocenters. The fourth-order valence-corrected chi connectivity index (χ4v) is 3.29. The molecule has 0 bridgehead atoms. The molecule has 2 aromatic rings. The summed E-state index contributed by atoms with van der Waals surface area (Å²) < 4.78 is 11.2. The number of Topliss-reactive ketones (excluding diaryl/α,β-unsaturated/α-hetero) is 1. The van der Waals surface area contributed by atoms with E-state index in [1.54, 1.807) is 14.2 Å². The summed E-state index contributed by atoms with van der Waals surface area (Å²) in [6, 6.07) is 19.0. The Hall–Kier alpha value is -2.65. The van der Waals surface area contributed by atoms with E-state index in [0.29, 0.717) is 11.3 Å². The van der Waals surface area contributed by atoms with E-state index in [4.69, 9.17) is 9.47 Å². The third-order valence-electron chi connectivity index (χ3n) is 4.43. The summed E-state index contributed by atoms with van der Waals surface area (Å²) in [5, 5.41) is 0. The van der Waals surface area contributed by atoms with Gasteiger partial charge >= 0.3 is 0 Å². The molecular formula is C21H20O3.